The standard InChI is InChI=1S/C15H21ClN2/c1-11-2-3-14(13(16)8-11)18-12-9-15(10-12)4-6-17-7-5-15/h2-3,8,12,17-18H,4-7,9-10H2,1H3. The molecular weight excluding hydrogens is 244 g/mol. The van der Waals surface area contributed by atoms with Crippen LogP contribution in [0.25, 0.3) is 0 Å². The quantitative estimate of drug-likeness (QED) is 0.853. The molecule has 0 aromatic heterocycles. The largest absolute Gasteiger partial charge is 0.381 e. The Morgan fingerprint density at radius 1 is 1.28 bits per heavy atom. The lowest BCUT2D eigenvalue weighted by molar-refractivity contribution is 0.0719. The molecule has 0 atom stereocenters. The third-order valence-electron chi connectivity index (χ3n) is 4.51. The number of aryl methyl sites for hydroxylation is 1. The van der Waals surface area contributed by atoms with E-state index in [1.165, 1.54) is 44.3 Å². The number of anilines is 1. The summed E-state index contributed by atoms with van der Waals surface area (Å²) < 4.78 is 0. The lowest BCUT2D eigenvalue weighted by Crippen LogP contribution is -2.50. The molecule has 1 spiro atoms. The third-order valence-corrected chi connectivity index (χ3v) is 4.82. The predicted molar refractivity (Wildman–Crippen MR) is 77.4 cm³/mol. The summed E-state index contributed by atoms with van der Waals surface area (Å²) in [6.45, 7) is 4.46. The number of piperidine rings is 1. The van der Waals surface area contributed by atoms with Gasteiger partial charge in [-0.05, 0) is 68.8 Å². The maximum absolute atomic E-state index is 6.26. The normalized spacial score (nSPS) is 22.8. The second kappa shape index (κ2) is 4.75. The van der Waals surface area contributed by atoms with E-state index in [4.69, 9.17) is 11.6 Å². The van der Waals surface area contributed by atoms with Gasteiger partial charge in [0, 0.05) is 6.04 Å². The molecule has 0 bridgehead atoms. The van der Waals surface area contributed by atoms with E-state index in [0.29, 0.717) is 11.5 Å². The van der Waals surface area contributed by atoms with Crippen LogP contribution in [0.15, 0.2) is 18.2 Å². The van der Waals surface area contributed by atoms with E-state index in [1.54, 1.807) is 0 Å². The van der Waals surface area contributed by atoms with Crippen LogP contribution in [0.1, 0.15) is 31.2 Å². The highest BCUT2D eigenvalue weighted by molar-refractivity contribution is 6.33. The molecule has 1 aliphatic heterocycles. The molecule has 3 heteroatoms. The average molecular weight is 265 g/mol. The Bertz CT molecular complexity index is 430. The molecule has 1 saturated heterocycles. The Kier molecular flexibility index (Phi) is 3.25. The van der Waals surface area contributed by atoms with Crippen molar-refractivity contribution in [2.75, 3.05) is 18.4 Å². The topological polar surface area (TPSA) is 24.1 Å². The van der Waals surface area contributed by atoms with E-state index in [1.807, 2.05) is 6.07 Å². The summed E-state index contributed by atoms with van der Waals surface area (Å²) in [4.78, 5) is 0. The van der Waals surface area contributed by atoms with Crippen molar-refractivity contribution in [1.29, 1.82) is 0 Å². The van der Waals surface area contributed by atoms with E-state index in [9.17, 15) is 0 Å². The number of halogens is 1. The molecule has 1 aliphatic carbocycles. The molecule has 1 heterocycles. The fourth-order valence-corrected chi connectivity index (χ4v) is 3.70. The van der Waals surface area contributed by atoms with Crippen molar-refractivity contribution in [3.63, 3.8) is 0 Å². The van der Waals surface area contributed by atoms with Crippen LogP contribution in [0.4, 0.5) is 5.69 Å². The second-order valence-electron chi connectivity index (χ2n) is 5.98. The second-order valence-corrected chi connectivity index (χ2v) is 6.39. The molecule has 98 valence electrons. The fraction of sp³-hybridized carbons (Fsp3) is 0.600. The summed E-state index contributed by atoms with van der Waals surface area (Å²) in [6, 6.07) is 6.87. The summed E-state index contributed by atoms with van der Waals surface area (Å²) in [5.41, 5.74) is 2.94. The molecule has 2 aliphatic rings. The molecule has 1 aromatic carbocycles. The number of hydrogen-bond donors (Lipinski definition) is 2. The molecule has 2 N–H and O–H groups in total. The van der Waals surface area contributed by atoms with Crippen LogP contribution in [-0.2, 0) is 0 Å². The van der Waals surface area contributed by atoms with Crippen molar-refractivity contribution < 1.29 is 0 Å². The highest BCUT2D eigenvalue weighted by atomic mass is 35.5. The van der Waals surface area contributed by atoms with Crippen molar-refractivity contribution in [3.8, 4) is 0 Å². The Morgan fingerprint density at radius 2 is 2.00 bits per heavy atom. The first-order valence-electron chi connectivity index (χ1n) is 6.90. The van der Waals surface area contributed by atoms with Crippen LogP contribution < -0.4 is 10.6 Å². The molecule has 0 radical (unpaired) electrons. The van der Waals surface area contributed by atoms with Crippen molar-refractivity contribution in [1.82, 2.24) is 5.32 Å². The Labute approximate surface area is 114 Å². The fourth-order valence-electron chi connectivity index (χ4n) is 3.41. The van der Waals surface area contributed by atoms with Gasteiger partial charge in [0.15, 0.2) is 0 Å². The van der Waals surface area contributed by atoms with Crippen molar-refractivity contribution in [3.05, 3.63) is 28.8 Å². The van der Waals surface area contributed by atoms with Gasteiger partial charge in [0.2, 0.25) is 0 Å². The van der Waals surface area contributed by atoms with Crippen molar-refractivity contribution >= 4 is 17.3 Å². The van der Waals surface area contributed by atoms with Gasteiger partial charge in [0.05, 0.1) is 10.7 Å². The summed E-state index contributed by atoms with van der Waals surface area (Å²) in [5.74, 6) is 0. The first kappa shape index (κ1) is 12.3. The zero-order chi connectivity index (χ0) is 12.6. The zero-order valence-corrected chi connectivity index (χ0v) is 11.7. The molecule has 18 heavy (non-hydrogen) atoms. The van der Waals surface area contributed by atoms with Crippen LogP contribution in [-0.4, -0.2) is 19.1 Å². The summed E-state index contributed by atoms with van der Waals surface area (Å²) in [5, 5.41) is 7.89. The molecule has 1 aromatic rings. The lowest BCUT2D eigenvalue weighted by atomic mass is 9.60. The van der Waals surface area contributed by atoms with Gasteiger partial charge < -0.3 is 10.6 Å². The summed E-state index contributed by atoms with van der Waals surface area (Å²) in [6.07, 6.45) is 5.29. The Hall–Kier alpha value is -0.730. The monoisotopic (exact) mass is 264 g/mol. The Morgan fingerprint density at radius 3 is 2.67 bits per heavy atom. The molecule has 2 nitrogen and oxygen atoms in total. The van der Waals surface area contributed by atoms with Gasteiger partial charge in [-0.25, -0.2) is 0 Å². The van der Waals surface area contributed by atoms with Crippen LogP contribution in [0.3, 0.4) is 0 Å². The van der Waals surface area contributed by atoms with Crippen LogP contribution >= 0.6 is 11.6 Å². The van der Waals surface area contributed by atoms with Gasteiger partial charge in [-0.3, -0.25) is 0 Å². The van der Waals surface area contributed by atoms with Gasteiger partial charge in [0.1, 0.15) is 0 Å². The maximum atomic E-state index is 6.26. The Balaban J connectivity index is 1.59. The summed E-state index contributed by atoms with van der Waals surface area (Å²) in [7, 11) is 0. The molecular formula is C15H21ClN2. The van der Waals surface area contributed by atoms with E-state index >= 15 is 0 Å². The molecule has 2 fully saturated rings. The number of nitrogens with one attached hydrogen (secondary N) is 2. The van der Waals surface area contributed by atoms with Gasteiger partial charge in [0.25, 0.3) is 0 Å². The first-order valence-corrected chi connectivity index (χ1v) is 7.28. The van der Waals surface area contributed by atoms with E-state index in [-0.39, 0.29) is 0 Å². The number of benzene rings is 1. The minimum atomic E-state index is 0.614. The van der Waals surface area contributed by atoms with E-state index in [0.717, 1.165) is 10.7 Å². The molecule has 0 unspecified atom stereocenters. The SMILES string of the molecule is Cc1ccc(NC2CC3(CCNCC3)C2)c(Cl)c1. The van der Waals surface area contributed by atoms with Crippen molar-refractivity contribution in [2.24, 2.45) is 5.41 Å². The minimum Gasteiger partial charge on any atom is -0.381 e. The summed E-state index contributed by atoms with van der Waals surface area (Å²) >= 11 is 6.26. The zero-order valence-electron chi connectivity index (χ0n) is 10.9. The highest BCUT2D eigenvalue weighted by Gasteiger charge is 2.44. The minimum absolute atomic E-state index is 0.614. The molecule has 3 rings (SSSR count). The van der Waals surface area contributed by atoms with E-state index in [2.05, 4.69) is 29.7 Å². The van der Waals surface area contributed by atoms with Gasteiger partial charge in [-0.1, -0.05) is 17.7 Å². The van der Waals surface area contributed by atoms with E-state index < -0.39 is 0 Å². The van der Waals surface area contributed by atoms with Gasteiger partial charge in [-0.2, -0.15) is 0 Å². The first-order chi connectivity index (χ1) is 8.67. The smallest absolute Gasteiger partial charge is 0.0640 e. The number of hydrogen-bond acceptors (Lipinski definition) is 2. The van der Waals surface area contributed by atoms with Crippen LogP contribution in [0.5, 0.6) is 0 Å². The van der Waals surface area contributed by atoms with Gasteiger partial charge in [-0.15, -0.1) is 0 Å². The lowest BCUT2D eigenvalue weighted by Gasteiger charge is -2.51. The highest BCUT2D eigenvalue weighted by Crippen LogP contribution is 2.49. The maximum Gasteiger partial charge on any atom is 0.0640 e. The van der Waals surface area contributed by atoms with Crippen LogP contribution in [0, 0.1) is 12.3 Å². The van der Waals surface area contributed by atoms with Gasteiger partial charge >= 0.3 is 0 Å². The average Bonchev–Trinajstić information content (AvgIpc) is 2.32. The van der Waals surface area contributed by atoms with Crippen LogP contribution in [0.2, 0.25) is 5.02 Å². The molecule has 1 saturated carbocycles. The number of rotatable bonds is 2. The van der Waals surface area contributed by atoms with Crippen molar-refractivity contribution in [2.45, 2.75) is 38.6 Å². The molecule has 0 amide bonds. The predicted octanol–water partition coefficient (Wildman–Crippen LogP) is 3.59. The third kappa shape index (κ3) is 2.36.